The maximum atomic E-state index is 14.8. The van der Waals surface area contributed by atoms with Crippen molar-refractivity contribution in [2.45, 2.75) is 69.3 Å². The summed E-state index contributed by atoms with van der Waals surface area (Å²) in [6.45, 7) is -0.410. The minimum Gasteiger partial charge on any atom is -0.379 e. The highest BCUT2D eigenvalue weighted by Gasteiger charge is 2.33. The van der Waals surface area contributed by atoms with E-state index in [-0.39, 0.29) is 48.6 Å². The van der Waals surface area contributed by atoms with Crippen LogP contribution in [0.15, 0.2) is 47.2 Å². The van der Waals surface area contributed by atoms with E-state index in [0.29, 0.717) is 35.1 Å². The Labute approximate surface area is 251 Å². The Morgan fingerprint density at radius 1 is 1.20 bits per heavy atom. The maximum absolute atomic E-state index is 14.8. The number of hydrogen-bond acceptors (Lipinski definition) is 7. The summed E-state index contributed by atoms with van der Waals surface area (Å²) in [7, 11) is 3.54. The van der Waals surface area contributed by atoms with Crippen LogP contribution >= 0.6 is 0 Å². The van der Waals surface area contributed by atoms with Crippen LogP contribution in [0.1, 0.15) is 48.0 Å². The minimum atomic E-state index is -4.53. The average molecular weight is 618 g/mol. The summed E-state index contributed by atoms with van der Waals surface area (Å²) in [5.74, 6) is -0.365. The van der Waals surface area contributed by atoms with Gasteiger partial charge in [-0.2, -0.15) is 18.2 Å². The van der Waals surface area contributed by atoms with Gasteiger partial charge in [-0.1, -0.05) is 11.2 Å². The molecule has 0 spiro atoms. The molecule has 1 aliphatic heterocycles. The lowest BCUT2D eigenvalue weighted by atomic mass is 10.0. The normalized spacial score (nSPS) is 23.0. The first kappa shape index (κ1) is 30.1. The van der Waals surface area contributed by atoms with E-state index in [9.17, 15) is 22.4 Å². The lowest BCUT2D eigenvalue weighted by Crippen LogP contribution is -2.46. The molecule has 1 aliphatic carbocycles. The van der Waals surface area contributed by atoms with Crippen LogP contribution in [0.25, 0.3) is 22.4 Å². The van der Waals surface area contributed by atoms with E-state index in [1.807, 2.05) is 22.7 Å². The molecule has 10 nitrogen and oxygen atoms in total. The van der Waals surface area contributed by atoms with Gasteiger partial charge in [0.25, 0.3) is 5.91 Å². The molecule has 2 aliphatic rings. The second-order valence-electron chi connectivity index (χ2n) is 11.6. The fraction of sp³-hybridized carbons (Fsp3) is 0.500. The van der Waals surface area contributed by atoms with Gasteiger partial charge in [0, 0.05) is 43.7 Å². The van der Waals surface area contributed by atoms with Gasteiger partial charge in [-0.3, -0.25) is 4.79 Å². The van der Waals surface area contributed by atoms with Crippen molar-refractivity contribution in [2.24, 2.45) is 0 Å². The predicted octanol–water partition coefficient (Wildman–Crippen LogP) is 5.18. The fourth-order valence-electron chi connectivity index (χ4n) is 6.33. The van der Waals surface area contributed by atoms with E-state index in [4.69, 9.17) is 9.26 Å². The molecule has 4 atom stereocenters. The van der Waals surface area contributed by atoms with Crippen LogP contribution < -0.4 is 10.6 Å². The van der Waals surface area contributed by atoms with E-state index in [0.717, 1.165) is 23.8 Å². The number of nitrogens with one attached hydrogen (secondary N) is 2. The van der Waals surface area contributed by atoms with Gasteiger partial charge in [-0.15, -0.1) is 0 Å². The zero-order valence-corrected chi connectivity index (χ0v) is 24.5. The summed E-state index contributed by atoms with van der Waals surface area (Å²) in [4.78, 5) is 19.0. The Morgan fingerprint density at radius 3 is 2.82 bits per heavy atom. The number of anilines is 1. The standard InChI is InChI=1S/C30H35F4N7O3/c1-39-11-10-22(20(31)16-39)36-21-5-3-6-23-19(21)13-25(41(23)17-30(32,33)34)28-37-27(44-38-28)14-35-29(42)18-9-12-40(15-18)24-7-4-8-26(24)43-2/h3,5-6,9,12-13,15,20,22,24,26,36H,4,7-8,10-11,14,16-17H2,1-2H3,(H,35,42)/t20-,22+,24+,26+/m0/s1. The number of nitrogens with zero attached hydrogens (tertiary/aromatic N) is 5. The first-order valence-corrected chi connectivity index (χ1v) is 14.7. The number of hydrogen-bond donors (Lipinski definition) is 2. The van der Waals surface area contributed by atoms with Gasteiger partial charge in [-0.25, -0.2) is 4.39 Å². The second-order valence-corrected chi connectivity index (χ2v) is 11.6. The highest BCUT2D eigenvalue weighted by Crippen LogP contribution is 2.35. The highest BCUT2D eigenvalue weighted by atomic mass is 19.4. The van der Waals surface area contributed by atoms with Crippen molar-refractivity contribution in [1.29, 1.82) is 0 Å². The molecule has 14 heteroatoms. The van der Waals surface area contributed by atoms with Gasteiger partial charge in [0.2, 0.25) is 11.7 Å². The van der Waals surface area contributed by atoms with Crippen LogP contribution in [0.3, 0.4) is 0 Å². The molecule has 1 saturated carbocycles. The van der Waals surface area contributed by atoms with Gasteiger partial charge in [-0.05, 0) is 57.0 Å². The third-order valence-corrected chi connectivity index (χ3v) is 8.55. The van der Waals surface area contributed by atoms with Crippen molar-refractivity contribution in [3.63, 3.8) is 0 Å². The van der Waals surface area contributed by atoms with Crippen LogP contribution in [-0.4, -0.2) is 81.8 Å². The van der Waals surface area contributed by atoms with Crippen molar-refractivity contribution < 1.29 is 31.6 Å². The number of piperidine rings is 1. The molecule has 2 fully saturated rings. The SMILES string of the molecule is CO[C@@H]1CCC[C@H]1n1ccc(C(=O)NCc2nc(-c3cc4c(N[C@@H]5CCN(C)C[C@@H]5F)cccc4n3CC(F)(F)F)no2)c1. The number of alkyl halides is 4. The zero-order chi connectivity index (χ0) is 31.0. The van der Waals surface area contributed by atoms with Crippen LogP contribution in [-0.2, 0) is 17.8 Å². The monoisotopic (exact) mass is 617 g/mol. The molecule has 44 heavy (non-hydrogen) atoms. The van der Waals surface area contributed by atoms with Gasteiger partial charge in [0.1, 0.15) is 12.7 Å². The number of aromatic nitrogens is 4. The molecule has 0 unspecified atom stereocenters. The molecule has 0 bridgehead atoms. The number of ether oxygens (including phenoxy) is 1. The summed E-state index contributed by atoms with van der Waals surface area (Å²) < 4.78 is 69.8. The fourth-order valence-corrected chi connectivity index (χ4v) is 6.33. The second kappa shape index (κ2) is 12.2. The van der Waals surface area contributed by atoms with Gasteiger partial charge < -0.3 is 33.9 Å². The first-order valence-electron chi connectivity index (χ1n) is 14.7. The molecule has 1 amide bonds. The highest BCUT2D eigenvalue weighted by molar-refractivity contribution is 5.96. The molecule has 4 aromatic rings. The van der Waals surface area contributed by atoms with E-state index < -0.39 is 24.9 Å². The van der Waals surface area contributed by atoms with E-state index in [1.165, 1.54) is 0 Å². The number of carbonyl (C=O) groups excluding carboxylic acids is 1. The molecule has 236 valence electrons. The summed E-state index contributed by atoms with van der Waals surface area (Å²) in [6.07, 6.45) is 1.62. The number of benzene rings is 1. The number of likely N-dealkylation sites (tertiary alicyclic amines) is 1. The molecule has 4 heterocycles. The molecule has 6 rings (SSSR count). The van der Waals surface area contributed by atoms with E-state index in [1.54, 1.807) is 43.6 Å². The number of halogens is 4. The Hall–Kier alpha value is -3.91. The quantitative estimate of drug-likeness (QED) is 0.250. The summed E-state index contributed by atoms with van der Waals surface area (Å²) >= 11 is 0. The van der Waals surface area contributed by atoms with Crippen molar-refractivity contribution in [3.8, 4) is 11.5 Å². The first-order chi connectivity index (χ1) is 21.1. The smallest absolute Gasteiger partial charge is 0.379 e. The Balaban J connectivity index is 1.21. The maximum Gasteiger partial charge on any atom is 0.406 e. The molecule has 3 aromatic heterocycles. The van der Waals surface area contributed by atoms with Crippen molar-refractivity contribution in [2.75, 3.05) is 32.6 Å². The van der Waals surface area contributed by atoms with Gasteiger partial charge >= 0.3 is 6.18 Å². The summed E-state index contributed by atoms with van der Waals surface area (Å²) in [5.41, 5.74) is 1.37. The zero-order valence-electron chi connectivity index (χ0n) is 24.5. The minimum absolute atomic E-state index is 0.0387. The third kappa shape index (κ3) is 6.32. The lowest BCUT2D eigenvalue weighted by molar-refractivity contribution is -0.139. The number of fused-ring (bicyclic) bond motifs is 1. The van der Waals surface area contributed by atoms with Gasteiger partial charge in [0.15, 0.2) is 0 Å². The molecule has 0 radical (unpaired) electrons. The average Bonchev–Trinajstić information content (AvgIpc) is 3.78. The molecule has 2 N–H and O–H groups in total. The number of amides is 1. The van der Waals surface area contributed by atoms with Crippen molar-refractivity contribution in [3.05, 3.63) is 54.2 Å². The summed E-state index contributed by atoms with van der Waals surface area (Å²) in [6, 6.07) is 7.91. The number of methoxy groups -OCH3 is 1. The molecular weight excluding hydrogens is 582 g/mol. The Bertz CT molecular complexity index is 1610. The topological polar surface area (TPSA) is 102 Å². The summed E-state index contributed by atoms with van der Waals surface area (Å²) in [5, 5.41) is 10.4. The number of rotatable bonds is 9. The van der Waals surface area contributed by atoms with E-state index in [2.05, 4.69) is 20.8 Å². The lowest BCUT2D eigenvalue weighted by Gasteiger charge is -2.33. The molecular formula is C30H35F4N7O3. The van der Waals surface area contributed by atoms with Crippen LogP contribution in [0.4, 0.5) is 23.2 Å². The van der Waals surface area contributed by atoms with Gasteiger partial charge in [0.05, 0.1) is 41.5 Å². The largest absolute Gasteiger partial charge is 0.406 e. The molecule has 1 aromatic carbocycles. The predicted molar refractivity (Wildman–Crippen MR) is 155 cm³/mol. The Morgan fingerprint density at radius 2 is 2.05 bits per heavy atom. The number of carbonyl (C=O) groups is 1. The van der Waals surface area contributed by atoms with E-state index >= 15 is 0 Å². The third-order valence-electron chi connectivity index (χ3n) is 8.55. The van der Waals surface area contributed by atoms with Crippen LogP contribution in [0, 0.1) is 0 Å². The molecule has 1 saturated heterocycles. The Kier molecular flexibility index (Phi) is 8.38. The van der Waals surface area contributed by atoms with Crippen molar-refractivity contribution >= 4 is 22.5 Å². The van der Waals surface area contributed by atoms with Crippen molar-refractivity contribution in [1.82, 2.24) is 29.5 Å². The van der Waals surface area contributed by atoms with Crippen LogP contribution in [0.5, 0.6) is 0 Å². The van der Waals surface area contributed by atoms with Crippen LogP contribution in [0.2, 0.25) is 0 Å².